The molecule has 0 aliphatic carbocycles. The number of halogens is 3. The summed E-state index contributed by atoms with van der Waals surface area (Å²) in [6.45, 7) is 0. The second kappa shape index (κ2) is 6.22. The first-order valence-electron chi connectivity index (χ1n) is 6.55. The minimum Gasteiger partial charge on any atom is -0.453 e. The lowest BCUT2D eigenvalue weighted by atomic mass is 10.1. The van der Waals surface area contributed by atoms with Crippen LogP contribution in [-0.4, -0.2) is 6.29 Å². The van der Waals surface area contributed by atoms with Gasteiger partial charge in [-0.05, 0) is 42.5 Å². The van der Waals surface area contributed by atoms with Crippen molar-refractivity contribution in [3.63, 3.8) is 0 Å². The van der Waals surface area contributed by atoms with Gasteiger partial charge in [0.1, 0.15) is 5.76 Å². The molecule has 0 atom stereocenters. The number of furan rings is 1. The van der Waals surface area contributed by atoms with Gasteiger partial charge >= 0.3 is 0 Å². The highest BCUT2D eigenvalue weighted by Crippen LogP contribution is 2.32. The van der Waals surface area contributed by atoms with Crippen LogP contribution in [-0.2, 0) is 0 Å². The van der Waals surface area contributed by atoms with E-state index in [1.165, 1.54) is 42.5 Å². The van der Waals surface area contributed by atoms with Gasteiger partial charge in [-0.1, -0.05) is 17.7 Å². The Balaban J connectivity index is 1.90. The molecule has 0 unspecified atom stereocenters. The standard InChI is InChI=1S/C17H9ClF2O3/c18-12-2-1-3-16(17(12)20)23-15-6-4-10(8-13(15)19)14-7-5-11(9-21)22-14/h1-9H. The van der Waals surface area contributed by atoms with Crippen LogP contribution in [0.3, 0.4) is 0 Å². The van der Waals surface area contributed by atoms with Crippen molar-refractivity contribution in [1.29, 1.82) is 0 Å². The van der Waals surface area contributed by atoms with Gasteiger partial charge in [0.05, 0.1) is 5.02 Å². The lowest BCUT2D eigenvalue weighted by Crippen LogP contribution is -1.92. The lowest BCUT2D eigenvalue weighted by Gasteiger charge is -2.09. The molecule has 3 aromatic rings. The molecule has 3 nitrogen and oxygen atoms in total. The monoisotopic (exact) mass is 334 g/mol. The molecule has 0 radical (unpaired) electrons. The molecule has 1 aromatic heterocycles. The molecule has 0 bridgehead atoms. The van der Waals surface area contributed by atoms with E-state index < -0.39 is 11.6 Å². The van der Waals surface area contributed by atoms with Gasteiger partial charge < -0.3 is 9.15 Å². The van der Waals surface area contributed by atoms with Crippen LogP contribution in [0.15, 0.2) is 52.9 Å². The topological polar surface area (TPSA) is 39.4 Å². The molecule has 0 saturated carbocycles. The van der Waals surface area contributed by atoms with Gasteiger partial charge in [0, 0.05) is 5.56 Å². The summed E-state index contributed by atoms with van der Waals surface area (Å²) in [4.78, 5) is 10.6. The van der Waals surface area contributed by atoms with Crippen LogP contribution in [0.1, 0.15) is 10.6 Å². The van der Waals surface area contributed by atoms with Crippen molar-refractivity contribution in [2.24, 2.45) is 0 Å². The van der Waals surface area contributed by atoms with E-state index >= 15 is 0 Å². The van der Waals surface area contributed by atoms with Crippen LogP contribution in [0, 0.1) is 11.6 Å². The third kappa shape index (κ3) is 3.10. The van der Waals surface area contributed by atoms with Crippen molar-refractivity contribution in [3.05, 3.63) is 70.9 Å². The van der Waals surface area contributed by atoms with E-state index in [0.29, 0.717) is 17.6 Å². The molecule has 23 heavy (non-hydrogen) atoms. The Morgan fingerprint density at radius 1 is 1.04 bits per heavy atom. The Morgan fingerprint density at radius 2 is 1.87 bits per heavy atom. The smallest absolute Gasteiger partial charge is 0.185 e. The molecule has 0 amide bonds. The zero-order valence-corrected chi connectivity index (χ0v) is 12.3. The summed E-state index contributed by atoms with van der Waals surface area (Å²) in [6.07, 6.45) is 0.555. The van der Waals surface area contributed by atoms with Crippen molar-refractivity contribution < 1.29 is 22.7 Å². The predicted octanol–water partition coefficient (Wildman–Crippen LogP) is 5.48. The zero-order valence-electron chi connectivity index (χ0n) is 11.6. The highest BCUT2D eigenvalue weighted by Gasteiger charge is 2.13. The van der Waals surface area contributed by atoms with E-state index in [1.807, 2.05) is 0 Å². The average molecular weight is 335 g/mol. The molecule has 3 rings (SSSR count). The fourth-order valence-corrected chi connectivity index (χ4v) is 2.16. The zero-order chi connectivity index (χ0) is 16.4. The fourth-order valence-electron chi connectivity index (χ4n) is 1.99. The molecule has 0 fully saturated rings. The highest BCUT2D eigenvalue weighted by atomic mass is 35.5. The molecule has 6 heteroatoms. The van der Waals surface area contributed by atoms with Crippen LogP contribution >= 0.6 is 11.6 Å². The molecule has 0 aliphatic heterocycles. The van der Waals surface area contributed by atoms with Gasteiger partial charge in [-0.2, -0.15) is 0 Å². The summed E-state index contributed by atoms with van der Waals surface area (Å²) in [5.74, 6) is -1.32. The van der Waals surface area contributed by atoms with Gasteiger partial charge in [-0.3, -0.25) is 4.79 Å². The fraction of sp³-hybridized carbons (Fsp3) is 0. The second-order valence-electron chi connectivity index (χ2n) is 4.62. The Bertz CT molecular complexity index is 874. The molecular weight excluding hydrogens is 326 g/mol. The van der Waals surface area contributed by atoms with Crippen LogP contribution in [0.2, 0.25) is 5.02 Å². The number of benzene rings is 2. The van der Waals surface area contributed by atoms with E-state index in [-0.39, 0.29) is 22.3 Å². The van der Waals surface area contributed by atoms with Crippen molar-refractivity contribution in [2.45, 2.75) is 0 Å². The quantitative estimate of drug-likeness (QED) is 0.593. The summed E-state index contributed by atoms with van der Waals surface area (Å²) in [6, 6.07) is 11.3. The molecule has 0 N–H and O–H groups in total. The molecule has 116 valence electrons. The molecule has 1 heterocycles. The average Bonchev–Trinajstić information content (AvgIpc) is 3.02. The van der Waals surface area contributed by atoms with Crippen molar-refractivity contribution >= 4 is 17.9 Å². The van der Waals surface area contributed by atoms with E-state index in [4.69, 9.17) is 20.8 Å². The van der Waals surface area contributed by atoms with E-state index in [9.17, 15) is 13.6 Å². The second-order valence-corrected chi connectivity index (χ2v) is 5.03. The van der Waals surface area contributed by atoms with Gasteiger partial charge in [-0.15, -0.1) is 0 Å². The van der Waals surface area contributed by atoms with E-state index in [0.717, 1.165) is 0 Å². The van der Waals surface area contributed by atoms with Crippen LogP contribution in [0.4, 0.5) is 8.78 Å². The van der Waals surface area contributed by atoms with Crippen molar-refractivity contribution in [2.75, 3.05) is 0 Å². The molecule has 0 spiro atoms. The number of carbonyl (C=O) groups excluding carboxylic acids is 1. The number of carbonyl (C=O) groups is 1. The summed E-state index contributed by atoms with van der Waals surface area (Å²) in [5.41, 5.74) is 0.425. The summed E-state index contributed by atoms with van der Waals surface area (Å²) >= 11 is 5.65. The van der Waals surface area contributed by atoms with Crippen molar-refractivity contribution in [3.8, 4) is 22.8 Å². The SMILES string of the molecule is O=Cc1ccc(-c2ccc(Oc3cccc(Cl)c3F)c(F)c2)o1. The highest BCUT2D eigenvalue weighted by molar-refractivity contribution is 6.30. The molecule has 0 saturated heterocycles. The lowest BCUT2D eigenvalue weighted by molar-refractivity contribution is 0.110. The first-order chi connectivity index (χ1) is 11.1. The third-order valence-corrected chi connectivity index (χ3v) is 3.39. The van der Waals surface area contributed by atoms with Gasteiger partial charge in [-0.25, -0.2) is 8.78 Å². The van der Waals surface area contributed by atoms with Crippen LogP contribution < -0.4 is 4.74 Å². The largest absolute Gasteiger partial charge is 0.453 e. The number of rotatable bonds is 4. The molecule has 2 aromatic carbocycles. The van der Waals surface area contributed by atoms with E-state index in [1.54, 1.807) is 6.07 Å². The van der Waals surface area contributed by atoms with Crippen LogP contribution in [0.5, 0.6) is 11.5 Å². The first-order valence-corrected chi connectivity index (χ1v) is 6.93. The molecular formula is C17H9ClF2O3. The normalized spacial score (nSPS) is 10.6. The van der Waals surface area contributed by atoms with E-state index in [2.05, 4.69) is 0 Å². The van der Waals surface area contributed by atoms with Crippen molar-refractivity contribution in [1.82, 2.24) is 0 Å². The Hall–Kier alpha value is -2.66. The number of aldehydes is 1. The maximum atomic E-state index is 14.2. The van der Waals surface area contributed by atoms with Gasteiger partial charge in [0.2, 0.25) is 0 Å². The third-order valence-electron chi connectivity index (χ3n) is 3.10. The minimum atomic E-state index is -0.765. The first kappa shape index (κ1) is 15.2. The maximum absolute atomic E-state index is 14.2. The molecule has 0 aliphatic rings. The minimum absolute atomic E-state index is 0.114. The summed E-state index contributed by atoms with van der Waals surface area (Å²) in [7, 11) is 0. The van der Waals surface area contributed by atoms with Crippen LogP contribution in [0.25, 0.3) is 11.3 Å². The number of hydrogen-bond donors (Lipinski definition) is 0. The maximum Gasteiger partial charge on any atom is 0.185 e. The van der Waals surface area contributed by atoms with Gasteiger partial charge in [0.15, 0.2) is 35.2 Å². The Kier molecular flexibility index (Phi) is 4.12. The summed E-state index contributed by atoms with van der Waals surface area (Å²) < 4.78 is 38.4. The number of hydrogen-bond acceptors (Lipinski definition) is 3. The predicted molar refractivity (Wildman–Crippen MR) is 81.0 cm³/mol. The summed E-state index contributed by atoms with van der Waals surface area (Å²) in [5, 5.41) is -0.114. The van der Waals surface area contributed by atoms with Gasteiger partial charge in [0.25, 0.3) is 0 Å². The Labute approximate surface area is 135 Å². The Morgan fingerprint density at radius 3 is 2.57 bits per heavy atom. The number of ether oxygens (including phenoxy) is 1.